The molecule has 1 unspecified atom stereocenters. The molecule has 0 N–H and O–H groups in total. The average Bonchev–Trinajstić information content (AvgIpc) is 2.94. The van der Waals surface area contributed by atoms with Crippen molar-refractivity contribution in [3.05, 3.63) is 48.3 Å². The van der Waals surface area contributed by atoms with Crippen molar-refractivity contribution in [2.24, 2.45) is 0 Å². The predicted molar refractivity (Wildman–Crippen MR) is 84.0 cm³/mol. The van der Waals surface area contributed by atoms with Gasteiger partial charge in [0.25, 0.3) is 0 Å². The Bertz CT molecular complexity index is 479. The Hall–Kier alpha value is -1.09. The first-order valence-corrected chi connectivity index (χ1v) is 7.97. The zero-order valence-electron chi connectivity index (χ0n) is 11.4. The van der Waals surface area contributed by atoms with Gasteiger partial charge >= 0.3 is 0 Å². The van der Waals surface area contributed by atoms with Gasteiger partial charge in [0.2, 0.25) is 0 Å². The van der Waals surface area contributed by atoms with Gasteiger partial charge in [-0.05, 0) is 18.6 Å². The Morgan fingerprint density at radius 3 is 2.68 bits per heavy atom. The van der Waals surface area contributed by atoms with Crippen LogP contribution in [-0.4, -0.2) is 9.78 Å². The lowest BCUT2D eigenvalue weighted by atomic mass is 10.1. The second kappa shape index (κ2) is 7.49. The Morgan fingerprint density at radius 1 is 1.16 bits per heavy atom. The van der Waals surface area contributed by atoms with Crippen LogP contribution in [0.5, 0.6) is 0 Å². The van der Waals surface area contributed by atoms with Crippen LogP contribution in [0.1, 0.15) is 49.4 Å². The van der Waals surface area contributed by atoms with Crippen LogP contribution in [0.4, 0.5) is 0 Å². The molecule has 3 heteroatoms. The zero-order valence-corrected chi connectivity index (χ0v) is 13.0. The molecule has 1 aromatic heterocycles. The second-order valence-corrected chi connectivity index (χ2v) is 5.98. The highest BCUT2D eigenvalue weighted by atomic mass is 79.9. The topological polar surface area (TPSA) is 17.8 Å². The van der Waals surface area contributed by atoms with Crippen LogP contribution in [0.25, 0.3) is 5.69 Å². The monoisotopic (exact) mass is 320 g/mol. The Labute approximate surface area is 124 Å². The van der Waals surface area contributed by atoms with Crippen LogP contribution >= 0.6 is 15.9 Å². The molecule has 0 saturated carbocycles. The van der Waals surface area contributed by atoms with Crippen molar-refractivity contribution in [1.29, 1.82) is 0 Å². The van der Waals surface area contributed by atoms with Crippen LogP contribution in [0, 0.1) is 0 Å². The molecule has 2 aromatic rings. The van der Waals surface area contributed by atoms with E-state index >= 15 is 0 Å². The number of unbranched alkanes of at least 4 members (excludes halogenated alkanes) is 3. The van der Waals surface area contributed by atoms with Gasteiger partial charge in [-0.25, -0.2) is 4.68 Å². The summed E-state index contributed by atoms with van der Waals surface area (Å²) in [6, 6.07) is 10.2. The number of halogens is 1. The molecule has 0 bridgehead atoms. The summed E-state index contributed by atoms with van der Waals surface area (Å²) in [5.41, 5.74) is 2.37. The highest BCUT2D eigenvalue weighted by Crippen LogP contribution is 2.28. The molecule has 1 heterocycles. The molecule has 0 aliphatic heterocycles. The van der Waals surface area contributed by atoms with Gasteiger partial charge < -0.3 is 0 Å². The quantitative estimate of drug-likeness (QED) is 0.501. The van der Waals surface area contributed by atoms with E-state index in [1.165, 1.54) is 37.7 Å². The molecule has 0 radical (unpaired) electrons. The van der Waals surface area contributed by atoms with E-state index in [4.69, 9.17) is 0 Å². The predicted octanol–water partition coefficient (Wildman–Crippen LogP) is 5.28. The fourth-order valence-corrected chi connectivity index (χ4v) is 2.70. The molecule has 2 rings (SSSR count). The smallest absolute Gasteiger partial charge is 0.0645 e. The SMILES string of the molecule is CCCCCCC(Br)c1cnn(-c2ccccc2)c1. The van der Waals surface area contributed by atoms with Gasteiger partial charge in [0.15, 0.2) is 0 Å². The van der Waals surface area contributed by atoms with Crippen molar-refractivity contribution in [1.82, 2.24) is 9.78 Å². The largest absolute Gasteiger partial charge is 0.241 e. The minimum Gasteiger partial charge on any atom is -0.241 e. The molecule has 102 valence electrons. The van der Waals surface area contributed by atoms with Crippen LogP contribution in [-0.2, 0) is 0 Å². The van der Waals surface area contributed by atoms with Crippen molar-refractivity contribution < 1.29 is 0 Å². The number of para-hydroxylation sites is 1. The van der Waals surface area contributed by atoms with Gasteiger partial charge in [-0.15, -0.1) is 0 Å². The highest BCUT2D eigenvalue weighted by molar-refractivity contribution is 9.09. The first kappa shape index (κ1) is 14.3. The summed E-state index contributed by atoms with van der Waals surface area (Å²) in [7, 11) is 0. The Kier molecular flexibility index (Phi) is 5.64. The molecule has 1 atom stereocenters. The van der Waals surface area contributed by atoms with E-state index < -0.39 is 0 Å². The lowest BCUT2D eigenvalue weighted by molar-refractivity contribution is 0.630. The van der Waals surface area contributed by atoms with Crippen molar-refractivity contribution in [2.45, 2.75) is 43.9 Å². The third kappa shape index (κ3) is 4.20. The maximum absolute atomic E-state index is 4.44. The van der Waals surface area contributed by atoms with Crippen molar-refractivity contribution in [2.75, 3.05) is 0 Å². The van der Waals surface area contributed by atoms with E-state index in [0.717, 1.165) is 5.69 Å². The van der Waals surface area contributed by atoms with Crippen LogP contribution < -0.4 is 0 Å². The highest BCUT2D eigenvalue weighted by Gasteiger charge is 2.10. The summed E-state index contributed by atoms with van der Waals surface area (Å²) in [5, 5.41) is 4.44. The summed E-state index contributed by atoms with van der Waals surface area (Å²) in [5.74, 6) is 0. The van der Waals surface area contributed by atoms with E-state index in [1.54, 1.807) is 0 Å². The van der Waals surface area contributed by atoms with E-state index in [9.17, 15) is 0 Å². The summed E-state index contributed by atoms with van der Waals surface area (Å²) < 4.78 is 1.94. The summed E-state index contributed by atoms with van der Waals surface area (Å²) in [6.07, 6.45) is 10.5. The maximum atomic E-state index is 4.44. The van der Waals surface area contributed by atoms with E-state index in [1.807, 2.05) is 29.1 Å². The maximum Gasteiger partial charge on any atom is 0.0645 e. The van der Waals surface area contributed by atoms with Gasteiger partial charge in [0, 0.05) is 16.6 Å². The summed E-state index contributed by atoms with van der Waals surface area (Å²) in [4.78, 5) is 0.418. The normalized spacial score (nSPS) is 12.5. The number of hydrogen-bond donors (Lipinski definition) is 0. The lowest BCUT2D eigenvalue weighted by Gasteiger charge is -2.06. The molecule has 0 fully saturated rings. The summed E-state index contributed by atoms with van der Waals surface area (Å²) in [6.45, 7) is 2.25. The van der Waals surface area contributed by atoms with Gasteiger partial charge in [-0.3, -0.25) is 0 Å². The molecule has 0 amide bonds. The Balaban J connectivity index is 1.93. The Morgan fingerprint density at radius 2 is 1.95 bits per heavy atom. The third-order valence-corrected chi connectivity index (χ3v) is 4.28. The summed E-state index contributed by atoms with van der Waals surface area (Å²) >= 11 is 3.77. The van der Waals surface area contributed by atoms with Crippen LogP contribution in [0.15, 0.2) is 42.7 Å². The second-order valence-electron chi connectivity index (χ2n) is 4.87. The first-order chi connectivity index (χ1) is 9.31. The lowest BCUT2D eigenvalue weighted by Crippen LogP contribution is -1.93. The molecular formula is C16H21BrN2. The third-order valence-electron chi connectivity index (χ3n) is 3.30. The van der Waals surface area contributed by atoms with Gasteiger partial charge in [0.05, 0.1) is 11.9 Å². The van der Waals surface area contributed by atoms with Gasteiger partial charge in [0.1, 0.15) is 0 Å². The van der Waals surface area contributed by atoms with E-state index in [2.05, 4.69) is 46.3 Å². The number of hydrogen-bond acceptors (Lipinski definition) is 1. The minimum absolute atomic E-state index is 0.418. The molecule has 0 spiro atoms. The fraction of sp³-hybridized carbons (Fsp3) is 0.438. The minimum atomic E-state index is 0.418. The van der Waals surface area contributed by atoms with Gasteiger partial charge in [-0.1, -0.05) is 66.7 Å². The number of alkyl halides is 1. The molecule has 2 nitrogen and oxygen atoms in total. The van der Waals surface area contributed by atoms with Gasteiger partial charge in [-0.2, -0.15) is 5.10 Å². The van der Waals surface area contributed by atoms with Crippen LogP contribution in [0.3, 0.4) is 0 Å². The van der Waals surface area contributed by atoms with E-state index in [0.29, 0.717) is 4.83 Å². The molecule has 19 heavy (non-hydrogen) atoms. The van der Waals surface area contributed by atoms with E-state index in [-0.39, 0.29) is 0 Å². The average molecular weight is 321 g/mol. The van der Waals surface area contributed by atoms with Crippen molar-refractivity contribution in [3.63, 3.8) is 0 Å². The first-order valence-electron chi connectivity index (χ1n) is 7.05. The number of rotatable bonds is 7. The van der Waals surface area contributed by atoms with Crippen molar-refractivity contribution in [3.8, 4) is 5.69 Å². The number of benzene rings is 1. The van der Waals surface area contributed by atoms with Crippen LogP contribution in [0.2, 0.25) is 0 Å². The standard InChI is InChI=1S/C16H21BrN2/c1-2-3-4-8-11-16(17)14-12-18-19(13-14)15-9-6-5-7-10-15/h5-7,9-10,12-13,16H,2-4,8,11H2,1H3. The molecule has 1 aromatic carbocycles. The molecule has 0 aliphatic carbocycles. The molecular weight excluding hydrogens is 300 g/mol. The number of nitrogens with zero attached hydrogens (tertiary/aromatic N) is 2. The molecule has 0 aliphatic rings. The van der Waals surface area contributed by atoms with Crippen molar-refractivity contribution >= 4 is 15.9 Å². The zero-order chi connectivity index (χ0) is 13.5. The molecule has 0 saturated heterocycles. The number of aromatic nitrogens is 2. The fourth-order valence-electron chi connectivity index (χ4n) is 2.14.